The van der Waals surface area contributed by atoms with Crippen molar-refractivity contribution in [2.45, 2.75) is 32.9 Å². The minimum Gasteiger partial charge on any atom is -0.497 e. The predicted octanol–water partition coefficient (Wildman–Crippen LogP) is 3.28. The van der Waals surface area contributed by atoms with E-state index < -0.39 is 17.2 Å². The van der Waals surface area contributed by atoms with Crippen LogP contribution in [0, 0.1) is 12.8 Å². The van der Waals surface area contributed by atoms with E-state index in [9.17, 15) is 14.4 Å². The molecule has 0 spiro atoms. The second kappa shape index (κ2) is 10.4. The Hall–Kier alpha value is -3.87. The summed E-state index contributed by atoms with van der Waals surface area (Å²) in [6.07, 6.45) is 5.19. The first-order valence-corrected chi connectivity index (χ1v) is 11.4. The lowest BCUT2D eigenvalue weighted by molar-refractivity contribution is 0.0948. The summed E-state index contributed by atoms with van der Waals surface area (Å²) in [5, 5.41) is 5.64. The zero-order valence-electron chi connectivity index (χ0n) is 19.5. The molecule has 7 nitrogen and oxygen atoms in total. The van der Waals surface area contributed by atoms with Gasteiger partial charge < -0.3 is 19.9 Å². The molecule has 3 aromatic rings. The van der Waals surface area contributed by atoms with Crippen LogP contribution in [0.25, 0.3) is 0 Å². The van der Waals surface area contributed by atoms with Crippen LogP contribution in [0.5, 0.6) is 5.75 Å². The molecule has 1 saturated carbocycles. The first-order valence-electron chi connectivity index (χ1n) is 11.4. The summed E-state index contributed by atoms with van der Waals surface area (Å²) in [5.74, 6) is 0.215. The molecule has 34 heavy (non-hydrogen) atoms. The minimum absolute atomic E-state index is 0.0356. The number of pyridine rings is 1. The van der Waals surface area contributed by atoms with Crippen molar-refractivity contribution < 1.29 is 14.3 Å². The molecule has 1 heterocycles. The summed E-state index contributed by atoms with van der Waals surface area (Å²) in [5.41, 5.74) is 2.30. The van der Waals surface area contributed by atoms with E-state index in [0.717, 1.165) is 29.5 Å². The second-order valence-electron chi connectivity index (χ2n) is 8.76. The highest BCUT2D eigenvalue weighted by molar-refractivity contribution is 5.99. The van der Waals surface area contributed by atoms with Crippen LogP contribution >= 0.6 is 0 Å². The van der Waals surface area contributed by atoms with Gasteiger partial charge in [-0.05, 0) is 48.9 Å². The van der Waals surface area contributed by atoms with E-state index in [1.165, 1.54) is 12.4 Å². The Morgan fingerprint density at radius 3 is 2.29 bits per heavy atom. The van der Waals surface area contributed by atoms with Crippen molar-refractivity contribution >= 4 is 11.8 Å². The Bertz CT molecular complexity index is 1240. The Kier molecular flexibility index (Phi) is 7.11. The van der Waals surface area contributed by atoms with Crippen molar-refractivity contribution in [3.63, 3.8) is 0 Å². The lowest BCUT2D eigenvalue weighted by atomic mass is 10.1. The van der Waals surface area contributed by atoms with E-state index in [-0.39, 0.29) is 17.7 Å². The maximum atomic E-state index is 13.1. The van der Waals surface area contributed by atoms with Crippen molar-refractivity contribution in [3.05, 3.63) is 99.0 Å². The Morgan fingerprint density at radius 1 is 0.971 bits per heavy atom. The highest BCUT2D eigenvalue weighted by Gasteiger charge is 2.24. The highest BCUT2D eigenvalue weighted by Crippen LogP contribution is 2.27. The van der Waals surface area contributed by atoms with Gasteiger partial charge in [0.05, 0.1) is 7.11 Å². The molecule has 0 bridgehead atoms. The molecule has 2 N–H and O–H groups in total. The standard InChI is InChI=1S/C27H29N3O4/c1-18-6-8-19(9-7-18)13-28-26(32)23-16-30(15-21-4-3-5-22(12-21)34-2)17-24(25(23)31)27(33)29-14-20-10-11-20/h3-9,12,16-17,20H,10-11,13-15H2,1-2H3,(H,28,32)(H,29,33). The third-order valence-corrected chi connectivity index (χ3v) is 5.89. The van der Waals surface area contributed by atoms with Crippen LogP contribution in [-0.4, -0.2) is 30.0 Å². The number of nitrogens with one attached hydrogen (secondary N) is 2. The molecule has 0 saturated heterocycles. The maximum Gasteiger partial charge on any atom is 0.257 e. The normalized spacial score (nSPS) is 12.8. The van der Waals surface area contributed by atoms with Crippen molar-refractivity contribution in [2.75, 3.05) is 13.7 Å². The number of hydrogen-bond donors (Lipinski definition) is 2. The van der Waals surface area contributed by atoms with E-state index in [2.05, 4.69) is 10.6 Å². The zero-order valence-corrected chi connectivity index (χ0v) is 19.5. The average molecular weight is 460 g/mol. The molecule has 1 aromatic heterocycles. The fraction of sp³-hybridized carbons (Fsp3) is 0.296. The number of benzene rings is 2. The first kappa shape index (κ1) is 23.3. The number of amides is 2. The number of carbonyl (C=O) groups excluding carboxylic acids is 2. The molecule has 2 aromatic carbocycles. The summed E-state index contributed by atoms with van der Waals surface area (Å²) in [6, 6.07) is 15.3. The van der Waals surface area contributed by atoms with E-state index in [4.69, 9.17) is 4.74 Å². The van der Waals surface area contributed by atoms with Crippen LogP contribution in [0.15, 0.2) is 65.7 Å². The van der Waals surface area contributed by atoms with Crippen molar-refractivity contribution in [2.24, 2.45) is 5.92 Å². The Morgan fingerprint density at radius 2 is 1.65 bits per heavy atom. The smallest absolute Gasteiger partial charge is 0.257 e. The third-order valence-electron chi connectivity index (χ3n) is 5.89. The Labute approximate surface area is 198 Å². The van der Waals surface area contributed by atoms with Crippen LogP contribution in [0.3, 0.4) is 0 Å². The van der Waals surface area contributed by atoms with E-state index in [1.807, 2.05) is 55.5 Å². The lowest BCUT2D eigenvalue weighted by Gasteiger charge is -2.13. The Balaban J connectivity index is 1.60. The average Bonchev–Trinajstić information content (AvgIpc) is 3.67. The molecule has 0 atom stereocenters. The fourth-order valence-electron chi connectivity index (χ4n) is 3.67. The molecule has 2 amide bonds. The van der Waals surface area contributed by atoms with Crippen LogP contribution in [0.2, 0.25) is 0 Å². The molecule has 176 valence electrons. The van der Waals surface area contributed by atoms with Crippen LogP contribution in [-0.2, 0) is 13.1 Å². The number of methoxy groups -OCH3 is 1. The van der Waals surface area contributed by atoms with Gasteiger partial charge in [-0.15, -0.1) is 0 Å². The summed E-state index contributed by atoms with van der Waals surface area (Å²) in [7, 11) is 1.59. The fourth-order valence-corrected chi connectivity index (χ4v) is 3.67. The number of carbonyl (C=O) groups is 2. The van der Waals surface area contributed by atoms with Gasteiger partial charge in [0.25, 0.3) is 11.8 Å². The van der Waals surface area contributed by atoms with Gasteiger partial charge in [0.1, 0.15) is 16.9 Å². The highest BCUT2D eigenvalue weighted by atomic mass is 16.5. The number of ether oxygens (including phenoxy) is 1. The minimum atomic E-state index is -0.573. The van der Waals surface area contributed by atoms with Gasteiger partial charge in [-0.3, -0.25) is 14.4 Å². The number of aromatic nitrogens is 1. The predicted molar refractivity (Wildman–Crippen MR) is 130 cm³/mol. The second-order valence-corrected chi connectivity index (χ2v) is 8.76. The van der Waals surface area contributed by atoms with Gasteiger partial charge in [-0.1, -0.05) is 42.0 Å². The largest absolute Gasteiger partial charge is 0.497 e. The summed E-state index contributed by atoms with van der Waals surface area (Å²) in [6.45, 7) is 3.19. The summed E-state index contributed by atoms with van der Waals surface area (Å²) in [4.78, 5) is 38.9. The molecular formula is C27H29N3O4. The van der Waals surface area contributed by atoms with Gasteiger partial charge in [-0.2, -0.15) is 0 Å². The van der Waals surface area contributed by atoms with Crippen LogP contribution in [0.1, 0.15) is 50.2 Å². The van der Waals surface area contributed by atoms with Crippen LogP contribution in [0.4, 0.5) is 0 Å². The van der Waals surface area contributed by atoms with Gasteiger partial charge >= 0.3 is 0 Å². The van der Waals surface area contributed by atoms with Gasteiger partial charge in [0.15, 0.2) is 0 Å². The monoisotopic (exact) mass is 459 g/mol. The van der Waals surface area contributed by atoms with Gasteiger partial charge in [0.2, 0.25) is 5.43 Å². The maximum absolute atomic E-state index is 13.1. The third kappa shape index (κ3) is 5.92. The molecule has 0 unspecified atom stereocenters. The van der Waals surface area contributed by atoms with Crippen molar-refractivity contribution in [1.82, 2.24) is 15.2 Å². The number of rotatable bonds is 9. The molecule has 7 heteroatoms. The van der Waals surface area contributed by atoms with Crippen molar-refractivity contribution in [1.29, 1.82) is 0 Å². The topological polar surface area (TPSA) is 89.4 Å². The van der Waals surface area contributed by atoms with Gasteiger partial charge in [0, 0.05) is 32.0 Å². The van der Waals surface area contributed by atoms with E-state index in [1.54, 1.807) is 11.7 Å². The van der Waals surface area contributed by atoms with Gasteiger partial charge in [-0.25, -0.2) is 0 Å². The molecule has 0 radical (unpaired) electrons. The quantitative estimate of drug-likeness (QED) is 0.514. The zero-order chi connectivity index (χ0) is 24.1. The molecule has 0 aliphatic heterocycles. The number of hydrogen-bond acceptors (Lipinski definition) is 4. The number of aryl methyl sites for hydroxylation is 1. The van der Waals surface area contributed by atoms with E-state index in [0.29, 0.717) is 24.8 Å². The number of nitrogens with zero attached hydrogens (tertiary/aromatic N) is 1. The molecule has 1 aliphatic rings. The van der Waals surface area contributed by atoms with Crippen molar-refractivity contribution in [3.8, 4) is 5.75 Å². The molecule has 1 aliphatic carbocycles. The first-order chi connectivity index (χ1) is 16.4. The van der Waals surface area contributed by atoms with Crippen LogP contribution < -0.4 is 20.8 Å². The van der Waals surface area contributed by atoms with E-state index >= 15 is 0 Å². The molecule has 1 fully saturated rings. The summed E-state index contributed by atoms with van der Waals surface area (Å²) < 4.78 is 6.99. The SMILES string of the molecule is COc1cccc(Cn2cc(C(=O)NCc3ccc(C)cc3)c(=O)c(C(=O)NCC3CC3)c2)c1. The molecule has 4 rings (SSSR count). The molecular weight excluding hydrogens is 430 g/mol. The summed E-state index contributed by atoms with van der Waals surface area (Å²) >= 11 is 0. The lowest BCUT2D eigenvalue weighted by Crippen LogP contribution is -2.36.